The monoisotopic (exact) mass is 592 g/mol. The van der Waals surface area contributed by atoms with Gasteiger partial charge in [0.25, 0.3) is 11.1 Å². The third-order valence-corrected chi connectivity index (χ3v) is 7.51. The number of hydrogen-bond donors (Lipinski definition) is 2. The Morgan fingerprint density at radius 1 is 1.19 bits per heavy atom. The zero-order valence-electron chi connectivity index (χ0n) is 23.3. The number of aliphatic carboxylic acids is 1. The highest BCUT2D eigenvalue weighted by Gasteiger charge is 2.48. The molecule has 2 unspecified atom stereocenters. The summed E-state index contributed by atoms with van der Waals surface area (Å²) in [5.41, 5.74) is -1.58. The van der Waals surface area contributed by atoms with Gasteiger partial charge in [-0.15, -0.1) is 0 Å². The number of halogens is 2. The molecule has 222 valence electrons. The molecule has 6 rings (SSSR count). The van der Waals surface area contributed by atoms with Crippen molar-refractivity contribution in [3.63, 3.8) is 0 Å². The smallest absolute Gasteiger partial charge is 0.422 e. The normalized spacial score (nSPS) is 17.5. The lowest BCUT2D eigenvalue weighted by molar-refractivity contribution is -0.138. The summed E-state index contributed by atoms with van der Waals surface area (Å²) in [7, 11) is 0. The molecule has 0 radical (unpaired) electrons. The van der Waals surface area contributed by atoms with Crippen molar-refractivity contribution >= 4 is 28.7 Å². The van der Waals surface area contributed by atoms with Crippen molar-refractivity contribution in [2.24, 2.45) is 0 Å². The van der Waals surface area contributed by atoms with Crippen LogP contribution in [0.1, 0.15) is 48.9 Å². The molecule has 2 aromatic heterocycles. The van der Waals surface area contributed by atoms with E-state index in [0.717, 1.165) is 12.4 Å². The number of fused-ring (bicyclic) bond motifs is 4. The second kappa shape index (κ2) is 10.0. The zero-order chi connectivity index (χ0) is 30.8. The summed E-state index contributed by atoms with van der Waals surface area (Å²) in [5.74, 6) is -3.68. The topological polar surface area (TPSA) is 144 Å². The molecule has 2 aliphatic rings. The van der Waals surface area contributed by atoms with E-state index < -0.39 is 58.9 Å². The largest absolute Gasteiger partial charge is 0.492 e. The van der Waals surface area contributed by atoms with E-state index in [2.05, 4.69) is 9.97 Å². The van der Waals surface area contributed by atoms with Crippen LogP contribution in [-0.2, 0) is 22.5 Å². The number of benzene rings is 2. The number of carboxylic acids is 1. The third-order valence-electron chi connectivity index (χ3n) is 7.51. The van der Waals surface area contributed by atoms with Gasteiger partial charge in [-0.25, -0.2) is 27.9 Å². The standard InChI is InChI=1S/C30H26F2N4O7/c1-30(2,3)43-29(41)36-13-34-20-10-18(31)14(9-17(20)27(36)38)12-35-21-11-19(32)15-6-8-42-25(15)23(21)22(24(35)28(39)40)16-5-4-7-33-26(16)37/h4-5,7,9-11,13,22,24H,6,8,12H2,1-3H3,(H,33,37)(H,39,40). The number of carbonyl (C=O) groups excluding carboxylic acids is 1. The Morgan fingerprint density at radius 3 is 2.65 bits per heavy atom. The summed E-state index contributed by atoms with van der Waals surface area (Å²) in [6, 6.07) is 4.93. The molecule has 0 saturated heterocycles. The van der Waals surface area contributed by atoms with Crippen LogP contribution >= 0.6 is 0 Å². The molecule has 0 spiro atoms. The number of nitrogens with one attached hydrogen (secondary N) is 1. The molecular weight excluding hydrogens is 566 g/mol. The number of carbonyl (C=O) groups is 2. The minimum Gasteiger partial charge on any atom is -0.492 e. The van der Waals surface area contributed by atoms with E-state index in [0.29, 0.717) is 10.1 Å². The van der Waals surface area contributed by atoms with Gasteiger partial charge in [0.15, 0.2) is 0 Å². The fraction of sp³-hybridized carbons (Fsp3) is 0.300. The maximum Gasteiger partial charge on any atom is 0.422 e. The van der Waals surface area contributed by atoms with Crippen LogP contribution in [0.4, 0.5) is 19.3 Å². The van der Waals surface area contributed by atoms with E-state index in [1.807, 2.05) is 0 Å². The highest BCUT2D eigenvalue weighted by molar-refractivity contribution is 5.88. The summed E-state index contributed by atoms with van der Waals surface area (Å²) in [4.78, 5) is 59.5. The van der Waals surface area contributed by atoms with Gasteiger partial charge < -0.3 is 24.5 Å². The van der Waals surface area contributed by atoms with Crippen LogP contribution < -0.4 is 20.8 Å². The van der Waals surface area contributed by atoms with Gasteiger partial charge in [0.1, 0.15) is 35.4 Å². The van der Waals surface area contributed by atoms with Crippen LogP contribution in [0.5, 0.6) is 5.75 Å². The van der Waals surface area contributed by atoms with E-state index in [4.69, 9.17) is 9.47 Å². The number of carboxylic acid groups (broad SMARTS) is 1. The molecule has 0 saturated carbocycles. The van der Waals surface area contributed by atoms with E-state index >= 15 is 8.78 Å². The van der Waals surface area contributed by atoms with Crippen molar-refractivity contribution < 1.29 is 33.0 Å². The average molecular weight is 593 g/mol. The molecular formula is C30H26F2N4O7. The Morgan fingerprint density at radius 2 is 1.95 bits per heavy atom. The predicted molar refractivity (Wildman–Crippen MR) is 150 cm³/mol. The first-order valence-electron chi connectivity index (χ1n) is 13.4. The summed E-state index contributed by atoms with van der Waals surface area (Å²) in [6.45, 7) is 4.64. The maximum absolute atomic E-state index is 15.5. The zero-order valence-corrected chi connectivity index (χ0v) is 23.3. The molecule has 2 N–H and O–H groups in total. The minimum atomic E-state index is -1.46. The van der Waals surface area contributed by atoms with Crippen LogP contribution in [0.25, 0.3) is 10.9 Å². The van der Waals surface area contributed by atoms with Crippen molar-refractivity contribution in [3.05, 3.63) is 97.5 Å². The molecule has 2 aliphatic heterocycles. The molecule has 0 bridgehead atoms. The number of nitrogens with zero attached hydrogens (tertiary/aromatic N) is 3. The van der Waals surface area contributed by atoms with Gasteiger partial charge in [-0.2, -0.15) is 0 Å². The number of pyridine rings is 1. The molecule has 43 heavy (non-hydrogen) atoms. The lowest BCUT2D eigenvalue weighted by Gasteiger charge is -2.27. The Labute approximate surface area is 242 Å². The molecule has 2 atom stereocenters. The van der Waals surface area contributed by atoms with Crippen molar-refractivity contribution in [1.82, 2.24) is 14.5 Å². The second-order valence-corrected chi connectivity index (χ2v) is 11.4. The summed E-state index contributed by atoms with van der Waals surface area (Å²) in [5, 5.41) is 10.3. The van der Waals surface area contributed by atoms with Crippen molar-refractivity contribution in [2.45, 2.75) is 51.3 Å². The molecule has 0 fully saturated rings. The molecule has 4 aromatic rings. The van der Waals surface area contributed by atoms with Gasteiger partial charge in [-0.05, 0) is 39.0 Å². The van der Waals surface area contributed by atoms with E-state index in [9.17, 15) is 24.3 Å². The minimum absolute atomic E-state index is 0.0337. The van der Waals surface area contributed by atoms with Gasteiger partial charge in [0, 0.05) is 53.2 Å². The van der Waals surface area contributed by atoms with Gasteiger partial charge >= 0.3 is 12.1 Å². The van der Waals surface area contributed by atoms with Crippen molar-refractivity contribution in [2.75, 3.05) is 11.5 Å². The Hall–Kier alpha value is -5.07. The molecule has 0 amide bonds. The van der Waals surface area contributed by atoms with Crippen molar-refractivity contribution in [1.29, 1.82) is 0 Å². The van der Waals surface area contributed by atoms with Crippen LogP contribution in [0.2, 0.25) is 0 Å². The number of ether oxygens (including phenoxy) is 2. The molecule has 13 heteroatoms. The van der Waals surface area contributed by atoms with E-state index in [-0.39, 0.29) is 52.1 Å². The molecule has 0 aliphatic carbocycles. The predicted octanol–water partition coefficient (Wildman–Crippen LogP) is 3.69. The summed E-state index contributed by atoms with van der Waals surface area (Å²) >= 11 is 0. The highest BCUT2D eigenvalue weighted by atomic mass is 19.1. The van der Waals surface area contributed by atoms with E-state index in [1.165, 1.54) is 29.3 Å². The number of aromatic nitrogens is 3. The first-order chi connectivity index (χ1) is 20.4. The molecule has 2 aromatic carbocycles. The van der Waals surface area contributed by atoms with Crippen LogP contribution in [0, 0.1) is 11.6 Å². The Kier molecular flexibility index (Phi) is 6.55. The third kappa shape index (κ3) is 4.70. The Balaban J connectivity index is 1.51. The lowest BCUT2D eigenvalue weighted by Crippen LogP contribution is -2.42. The fourth-order valence-electron chi connectivity index (χ4n) is 5.75. The van der Waals surface area contributed by atoms with Gasteiger partial charge in [0.05, 0.1) is 23.4 Å². The first kappa shape index (κ1) is 28.1. The number of aromatic amines is 1. The van der Waals surface area contributed by atoms with E-state index in [1.54, 1.807) is 26.8 Å². The number of H-pyrrole nitrogens is 1. The molecule has 11 nitrogen and oxygen atoms in total. The first-order valence-corrected chi connectivity index (χ1v) is 13.4. The van der Waals surface area contributed by atoms with Crippen LogP contribution in [0.3, 0.4) is 0 Å². The second-order valence-electron chi connectivity index (χ2n) is 11.4. The lowest BCUT2D eigenvalue weighted by atomic mass is 9.87. The SMILES string of the molecule is CC(C)(C)OC(=O)n1cnc2cc(F)c(CN3c4cc(F)c5c(c4C(c4ccc[nH]c4=O)C3C(=O)O)OCC5)cc2c1=O. The molecule has 4 heterocycles. The highest BCUT2D eigenvalue weighted by Crippen LogP contribution is 2.52. The number of hydrogen-bond acceptors (Lipinski definition) is 8. The van der Waals surface area contributed by atoms with Crippen LogP contribution in [0.15, 0.2) is 52.4 Å². The number of anilines is 1. The van der Waals surface area contributed by atoms with Crippen LogP contribution in [-0.4, -0.2) is 50.0 Å². The van der Waals surface area contributed by atoms with Crippen molar-refractivity contribution in [3.8, 4) is 5.75 Å². The fourth-order valence-corrected chi connectivity index (χ4v) is 5.75. The van der Waals surface area contributed by atoms with Gasteiger partial charge in [-0.3, -0.25) is 9.59 Å². The van der Waals surface area contributed by atoms with Gasteiger partial charge in [-0.1, -0.05) is 6.07 Å². The summed E-state index contributed by atoms with van der Waals surface area (Å²) in [6.07, 6.45) is 1.64. The van der Waals surface area contributed by atoms with Gasteiger partial charge in [0.2, 0.25) is 0 Å². The average Bonchev–Trinajstić information content (AvgIpc) is 3.53. The summed E-state index contributed by atoms with van der Waals surface area (Å²) < 4.78 is 42.5. The Bertz CT molecular complexity index is 1950. The quantitative estimate of drug-likeness (QED) is 0.363. The number of rotatable bonds is 4. The maximum atomic E-state index is 15.5.